The second-order valence-corrected chi connectivity index (χ2v) is 5.93. The van der Waals surface area contributed by atoms with Crippen molar-refractivity contribution >= 4 is 0 Å². The van der Waals surface area contributed by atoms with Gasteiger partial charge in [0, 0.05) is 0 Å². The van der Waals surface area contributed by atoms with Gasteiger partial charge in [-0.1, -0.05) is 70.8 Å². The van der Waals surface area contributed by atoms with Gasteiger partial charge >= 0.3 is 0 Å². The van der Waals surface area contributed by atoms with Crippen LogP contribution in [0.1, 0.15) is 80.1 Å². The van der Waals surface area contributed by atoms with Gasteiger partial charge in [-0.15, -0.1) is 0 Å². The highest BCUT2D eigenvalue weighted by atomic mass is 14.1. The van der Waals surface area contributed by atoms with Gasteiger partial charge < -0.3 is 0 Å². The van der Waals surface area contributed by atoms with Crippen molar-refractivity contribution in [2.75, 3.05) is 0 Å². The van der Waals surface area contributed by atoms with Crippen molar-refractivity contribution in [1.82, 2.24) is 0 Å². The van der Waals surface area contributed by atoms with E-state index >= 15 is 0 Å². The molecule has 0 saturated heterocycles. The maximum atomic E-state index is 2.37. The average molecular weight is 250 g/mol. The van der Waals surface area contributed by atoms with Crippen LogP contribution in [0.25, 0.3) is 0 Å². The second kappa shape index (κ2) is 10.4. The maximum Gasteiger partial charge on any atom is -0.0136 e. The number of rotatable bonds is 9. The summed E-state index contributed by atoms with van der Waals surface area (Å²) in [6.07, 6.45) is 12.5. The van der Waals surface area contributed by atoms with Gasteiger partial charge in [0.1, 0.15) is 0 Å². The third kappa shape index (κ3) is 7.74. The predicted molar refractivity (Wildman–Crippen MR) is 84.9 cm³/mol. The Balaban J connectivity index is 4.60. The van der Waals surface area contributed by atoms with Crippen LogP contribution in [0.4, 0.5) is 0 Å². The van der Waals surface area contributed by atoms with Crippen LogP contribution in [0.2, 0.25) is 0 Å². The smallest absolute Gasteiger partial charge is 0.0136 e. The van der Waals surface area contributed by atoms with Gasteiger partial charge in [0.15, 0.2) is 0 Å². The Bertz CT molecular complexity index is 255. The Labute approximate surface area is 116 Å². The molecule has 0 radical (unpaired) electrons. The summed E-state index contributed by atoms with van der Waals surface area (Å²) in [5.74, 6) is 1.42. The van der Waals surface area contributed by atoms with E-state index in [2.05, 4.69) is 53.7 Å². The summed E-state index contributed by atoms with van der Waals surface area (Å²) in [6.45, 7) is 13.8. The molecule has 0 rings (SSSR count). The molecule has 0 fully saturated rings. The van der Waals surface area contributed by atoms with E-state index in [1.807, 2.05) is 0 Å². The lowest BCUT2D eigenvalue weighted by atomic mass is 9.90. The molecular formula is C18H34. The zero-order valence-electron chi connectivity index (χ0n) is 13.6. The number of hydrogen-bond donors (Lipinski definition) is 0. The Hall–Kier alpha value is -0.520. The van der Waals surface area contributed by atoms with Crippen molar-refractivity contribution in [3.8, 4) is 0 Å². The van der Waals surface area contributed by atoms with Gasteiger partial charge in [0.05, 0.1) is 0 Å². The first kappa shape index (κ1) is 17.5. The Kier molecular flexibility index (Phi) is 10.1. The summed E-state index contributed by atoms with van der Waals surface area (Å²) in [7, 11) is 0. The van der Waals surface area contributed by atoms with Crippen LogP contribution in [-0.4, -0.2) is 0 Å². The van der Waals surface area contributed by atoms with Crippen molar-refractivity contribution < 1.29 is 0 Å². The third-order valence-electron chi connectivity index (χ3n) is 3.88. The van der Waals surface area contributed by atoms with E-state index in [4.69, 9.17) is 0 Å². The second-order valence-electron chi connectivity index (χ2n) is 5.93. The van der Waals surface area contributed by atoms with Crippen molar-refractivity contribution in [3.05, 3.63) is 23.3 Å². The first-order valence-corrected chi connectivity index (χ1v) is 7.88. The minimum absolute atomic E-state index is 0.672. The van der Waals surface area contributed by atoms with Crippen LogP contribution in [0, 0.1) is 11.8 Å². The first-order chi connectivity index (χ1) is 8.52. The number of unbranched alkanes of at least 4 members (excludes halogenated alkanes) is 2. The van der Waals surface area contributed by atoms with E-state index in [1.165, 1.54) is 32.1 Å². The summed E-state index contributed by atoms with van der Waals surface area (Å²) in [6, 6.07) is 0. The standard InChI is InChI=1S/C18H34/c1-7-9-10-13-18(14-11-12-15(3)4)17(6)16(5)8-2/h11-12,15-16H,7-10,13-14H2,1-6H3. The quantitative estimate of drug-likeness (QED) is 0.322. The molecule has 0 heterocycles. The van der Waals surface area contributed by atoms with Crippen LogP contribution >= 0.6 is 0 Å². The first-order valence-electron chi connectivity index (χ1n) is 7.88. The van der Waals surface area contributed by atoms with Crippen LogP contribution in [-0.2, 0) is 0 Å². The summed E-state index contributed by atoms with van der Waals surface area (Å²) < 4.78 is 0. The van der Waals surface area contributed by atoms with E-state index < -0.39 is 0 Å². The van der Waals surface area contributed by atoms with Gasteiger partial charge in [-0.2, -0.15) is 0 Å². The van der Waals surface area contributed by atoms with E-state index in [0.29, 0.717) is 5.92 Å². The van der Waals surface area contributed by atoms with Crippen molar-refractivity contribution in [2.45, 2.75) is 80.1 Å². The Morgan fingerprint density at radius 1 is 1.06 bits per heavy atom. The monoisotopic (exact) mass is 250 g/mol. The topological polar surface area (TPSA) is 0 Å². The van der Waals surface area contributed by atoms with Gasteiger partial charge in [-0.05, 0) is 44.4 Å². The predicted octanol–water partition coefficient (Wildman–Crippen LogP) is 6.53. The van der Waals surface area contributed by atoms with Gasteiger partial charge in [0.25, 0.3) is 0 Å². The molecule has 0 nitrogen and oxygen atoms in total. The molecule has 0 aromatic carbocycles. The summed E-state index contributed by atoms with van der Waals surface area (Å²) in [5.41, 5.74) is 3.33. The van der Waals surface area contributed by atoms with E-state index in [-0.39, 0.29) is 0 Å². The number of hydrogen-bond acceptors (Lipinski definition) is 0. The van der Waals surface area contributed by atoms with Gasteiger partial charge in [0.2, 0.25) is 0 Å². The van der Waals surface area contributed by atoms with Crippen LogP contribution in [0.5, 0.6) is 0 Å². The maximum absolute atomic E-state index is 2.37. The molecule has 0 spiro atoms. The molecule has 106 valence electrons. The fraction of sp³-hybridized carbons (Fsp3) is 0.778. The highest BCUT2D eigenvalue weighted by Gasteiger charge is 2.07. The third-order valence-corrected chi connectivity index (χ3v) is 3.88. The lowest BCUT2D eigenvalue weighted by Crippen LogP contribution is -1.99. The lowest BCUT2D eigenvalue weighted by molar-refractivity contribution is 0.627. The van der Waals surface area contributed by atoms with E-state index in [1.54, 1.807) is 11.1 Å². The van der Waals surface area contributed by atoms with E-state index in [9.17, 15) is 0 Å². The molecule has 0 N–H and O–H groups in total. The molecule has 1 atom stereocenters. The number of allylic oxidation sites excluding steroid dienone is 4. The fourth-order valence-corrected chi connectivity index (χ4v) is 2.19. The molecule has 0 aliphatic heterocycles. The van der Waals surface area contributed by atoms with Crippen LogP contribution < -0.4 is 0 Å². The molecule has 0 amide bonds. The molecule has 18 heavy (non-hydrogen) atoms. The normalized spacial score (nSPS) is 15.3. The van der Waals surface area contributed by atoms with Gasteiger partial charge in [-0.25, -0.2) is 0 Å². The molecular weight excluding hydrogens is 216 g/mol. The van der Waals surface area contributed by atoms with Crippen molar-refractivity contribution in [3.63, 3.8) is 0 Å². The zero-order valence-corrected chi connectivity index (χ0v) is 13.6. The average Bonchev–Trinajstić information content (AvgIpc) is 2.35. The zero-order chi connectivity index (χ0) is 14.0. The minimum Gasteiger partial charge on any atom is -0.0856 e. The summed E-state index contributed by atoms with van der Waals surface area (Å²) >= 11 is 0. The summed E-state index contributed by atoms with van der Waals surface area (Å²) in [5, 5.41) is 0. The van der Waals surface area contributed by atoms with E-state index in [0.717, 1.165) is 12.3 Å². The fourth-order valence-electron chi connectivity index (χ4n) is 2.19. The highest BCUT2D eigenvalue weighted by molar-refractivity contribution is 5.17. The molecule has 0 aromatic heterocycles. The SMILES string of the molecule is CCCCCC(CC=CC(C)C)=C(C)C(C)CC. The largest absolute Gasteiger partial charge is 0.0856 e. The lowest BCUT2D eigenvalue weighted by Gasteiger charge is -2.16. The van der Waals surface area contributed by atoms with Gasteiger partial charge in [-0.3, -0.25) is 0 Å². The molecule has 1 unspecified atom stereocenters. The molecule has 0 aromatic rings. The van der Waals surface area contributed by atoms with Crippen molar-refractivity contribution in [2.24, 2.45) is 11.8 Å². The molecule has 0 saturated carbocycles. The molecule has 0 heteroatoms. The Morgan fingerprint density at radius 2 is 1.72 bits per heavy atom. The minimum atomic E-state index is 0.672. The highest BCUT2D eigenvalue weighted by Crippen LogP contribution is 2.25. The van der Waals surface area contributed by atoms with Crippen LogP contribution in [0.3, 0.4) is 0 Å². The Morgan fingerprint density at radius 3 is 2.22 bits per heavy atom. The summed E-state index contributed by atoms with van der Waals surface area (Å²) in [4.78, 5) is 0. The molecule has 0 aliphatic carbocycles. The molecule has 0 bridgehead atoms. The van der Waals surface area contributed by atoms with Crippen molar-refractivity contribution in [1.29, 1.82) is 0 Å². The molecule has 0 aliphatic rings. The van der Waals surface area contributed by atoms with Crippen LogP contribution in [0.15, 0.2) is 23.3 Å².